The lowest BCUT2D eigenvalue weighted by Gasteiger charge is -2.10. The number of aryl methyl sites for hydroxylation is 1. The third-order valence-corrected chi connectivity index (χ3v) is 4.88. The van der Waals surface area contributed by atoms with E-state index in [-0.39, 0.29) is 11.9 Å². The van der Waals surface area contributed by atoms with Crippen LogP contribution in [0.2, 0.25) is 0 Å². The van der Waals surface area contributed by atoms with Crippen LogP contribution in [0, 0.1) is 5.82 Å². The van der Waals surface area contributed by atoms with E-state index in [1.54, 1.807) is 17.4 Å². The summed E-state index contributed by atoms with van der Waals surface area (Å²) in [6.07, 6.45) is 2.24. The fourth-order valence-electron chi connectivity index (χ4n) is 2.53. The predicted octanol–water partition coefficient (Wildman–Crippen LogP) is 5.04. The molecule has 1 atom stereocenters. The summed E-state index contributed by atoms with van der Waals surface area (Å²) in [5.41, 5.74) is 8.80. The average Bonchev–Trinajstić information content (AvgIpc) is 2.90. The topological polar surface area (TPSA) is 26.0 Å². The molecule has 1 aromatic heterocycles. The van der Waals surface area contributed by atoms with Crippen LogP contribution in [0.3, 0.4) is 0 Å². The molecule has 1 heterocycles. The van der Waals surface area contributed by atoms with Crippen molar-refractivity contribution in [3.63, 3.8) is 0 Å². The lowest BCUT2D eigenvalue weighted by atomic mass is 10.0. The first-order valence-corrected chi connectivity index (χ1v) is 8.02. The molecule has 3 heteroatoms. The molecule has 0 fully saturated rings. The third-order valence-electron chi connectivity index (χ3n) is 3.68. The fourth-order valence-corrected chi connectivity index (χ4v) is 3.61. The molecule has 0 saturated carbocycles. The highest BCUT2D eigenvalue weighted by Gasteiger charge is 2.12. The number of hydrogen-bond donors (Lipinski definition) is 1. The first-order valence-electron chi connectivity index (χ1n) is 7.21. The minimum atomic E-state index is -0.204. The average molecular weight is 299 g/mol. The zero-order valence-electron chi connectivity index (χ0n) is 12.0. The van der Waals surface area contributed by atoms with E-state index in [0.717, 1.165) is 33.4 Å². The first kappa shape index (κ1) is 14.2. The molecule has 0 radical (unpaired) electrons. The van der Waals surface area contributed by atoms with Crippen molar-refractivity contribution in [1.29, 1.82) is 0 Å². The highest BCUT2D eigenvalue weighted by atomic mass is 32.1. The minimum absolute atomic E-state index is 0.152. The molecule has 108 valence electrons. The van der Waals surface area contributed by atoms with Crippen LogP contribution in [0.25, 0.3) is 10.1 Å². The van der Waals surface area contributed by atoms with Gasteiger partial charge in [0, 0.05) is 9.58 Å². The van der Waals surface area contributed by atoms with Crippen LogP contribution in [-0.4, -0.2) is 0 Å². The van der Waals surface area contributed by atoms with Gasteiger partial charge in [-0.2, -0.15) is 0 Å². The van der Waals surface area contributed by atoms with Crippen LogP contribution in [0.4, 0.5) is 4.39 Å². The SMILES string of the molecule is CCCc1ccc(C(N)c2cc3cc(F)ccc3s2)cc1. The van der Waals surface area contributed by atoms with Gasteiger partial charge < -0.3 is 5.73 Å². The Morgan fingerprint density at radius 1 is 1.10 bits per heavy atom. The van der Waals surface area contributed by atoms with Gasteiger partial charge in [0.05, 0.1) is 6.04 Å². The number of hydrogen-bond acceptors (Lipinski definition) is 2. The van der Waals surface area contributed by atoms with E-state index in [1.165, 1.54) is 11.6 Å². The zero-order valence-corrected chi connectivity index (χ0v) is 12.8. The van der Waals surface area contributed by atoms with Crippen molar-refractivity contribution in [3.8, 4) is 0 Å². The van der Waals surface area contributed by atoms with E-state index in [0.29, 0.717) is 0 Å². The molecule has 0 aliphatic heterocycles. The summed E-state index contributed by atoms with van der Waals surface area (Å²) >= 11 is 1.63. The Morgan fingerprint density at radius 2 is 1.86 bits per heavy atom. The summed E-state index contributed by atoms with van der Waals surface area (Å²) in [7, 11) is 0. The normalized spacial score (nSPS) is 12.7. The van der Waals surface area contributed by atoms with Gasteiger partial charge in [0.1, 0.15) is 5.82 Å². The minimum Gasteiger partial charge on any atom is -0.320 e. The molecular formula is C18H18FNS. The Labute approximate surface area is 128 Å². The van der Waals surface area contributed by atoms with Gasteiger partial charge in [-0.05, 0) is 47.2 Å². The Hall–Kier alpha value is -1.71. The molecule has 0 saturated heterocycles. The van der Waals surface area contributed by atoms with E-state index in [9.17, 15) is 4.39 Å². The molecular weight excluding hydrogens is 281 g/mol. The number of rotatable bonds is 4. The summed E-state index contributed by atoms with van der Waals surface area (Å²) in [5.74, 6) is -0.204. The van der Waals surface area contributed by atoms with Gasteiger partial charge >= 0.3 is 0 Å². The van der Waals surface area contributed by atoms with Gasteiger partial charge in [0.2, 0.25) is 0 Å². The molecule has 2 aromatic carbocycles. The van der Waals surface area contributed by atoms with Gasteiger partial charge in [-0.3, -0.25) is 0 Å². The monoisotopic (exact) mass is 299 g/mol. The summed E-state index contributed by atoms with van der Waals surface area (Å²) in [6.45, 7) is 2.18. The van der Waals surface area contributed by atoms with E-state index < -0.39 is 0 Å². The Bertz CT molecular complexity index is 746. The van der Waals surface area contributed by atoms with Crippen molar-refractivity contribution < 1.29 is 4.39 Å². The van der Waals surface area contributed by atoms with Crippen molar-refractivity contribution in [2.24, 2.45) is 5.73 Å². The van der Waals surface area contributed by atoms with Crippen LogP contribution in [0.15, 0.2) is 48.5 Å². The van der Waals surface area contributed by atoms with Crippen LogP contribution in [0.1, 0.15) is 35.4 Å². The van der Waals surface area contributed by atoms with E-state index in [4.69, 9.17) is 5.73 Å². The molecule has 2 N–H and O–H groups in total. The number of benzene rings is 2. The predicted molar refractivity (Wildman–Crippen MR) is 88.3 cm³/mol. The van der Waals surface area contributed by atoms with Gasteiger partial charge in [-0.25, -0.2) is 4.39 Å². The smallest absolute Gasteiger partial charge is 0.123 e. The maximum Gasteiger partial charge on any atom is 0.123 e. The third kappa shape index (κ3) is 2.99. The fraction of sp³-hybridized carbons (Fsp3) is 0.222. The van der Waals surface area contributed by atoms with Crippen LogP contribution < -0.4 is 5.73 Å². The highest BCUT2D eigenvalue weighted by molar-refractivity contribution is 7.19. The quantitative estimate of drug-likeness (QED) is 0.717. The maximum absolute atomic E-state index is 13.3. The van der Waals surface area contributed by atoms with Crippen LogP contribution >= 0.6 is 11.3 Å². The summed E-state index contributed by atoms with van der Waals surface area (Å²) in [5, 5.41) is 0.924. The molecule has 3 aromatic rings. The molecule has 1 unspecified atom stereocenters. The van der Waals surface area contributed by atoms with E-state index in [1.807, 2.05) is 12.1 Å². The molecule has 0 amide bonds. The van der Waals surface area contributed by atoms with Crippen LogP contribution in [-0.2, 0) is 6.42 Å². The molecule has 1 nitrogen and oxygen atoms in total. The van der Waals surface area contributed by atoms with Crippen molar-refractivity contribution >= 4 is 21.4 Å². The van der Waals surface area contributed by atoms with Gasteiger partial charge in [-0.15, -0.1) is 11.3 Å². The highest BCUT2D eigenvalue weighted by Crippen LogP contribution is 2.32. The van der Waals surface area contributed by atoms with Gasteiger partial charge in [-0.1, -0.05) is 37.6 Å². The summed E-state index contributed by atoms with van der Waals surface area (Å²) in [6, 6.07) is 15.2. The van der Waals surface area contributed by atoms with Crippen molar-refractivity contribution in [3.05, 3.63) is 70.4 Å². The molecule has 21 heavy (non-hydrogen) atoms. The Balaban J connectivity index is 1.90. The second-order valence-corrected chi connectivity index (χ2v) is 6.42. The summed E-state index contributed by atoms with van der Waals surface area (Å²) in [4.78, 5) is 1.07. The number of nitrogens with two attached hydrogens (primary N) is 1. The Morgan fingerprint density at radius 3 is 2.57 bits per heavy atom. The zero-order chi connectivity index (χ0) is 14.8. The number of halogens is 1. The molecule has 0 spiro atoms. The second-order valence-electron chi connectivity index (χ2n) is 5.30. The standard InChI is InChI=1S/C18H18FNS/c1-2-3-12-4-6-13(7-5-12)18(20)17-11-14-10-15(19)8-9-16(14)21-17/h4-11,18H,2-3,20H2,1H3. The maximum atomic E-state index is 13.3. The van der Waals surface area contributed by atoms with Gasteiger partial charge in [0.25, 0.3) is 0 Å². The Kier molecular flexibility index (Phi) is 4.04. The van der Waals surface area contributed by atoms with Crippen molar-refractivity contribution in [1.82, 2.24) is 0 Å². The second kappa shape index (κ2) is 5.96. The molecule has 0 aliphatic rings. The van der Waals surface area contributed by atoms with E-state index >= 15 is 0 Å². The lowest BCUT2D eigenvalue weighted by molar-refractivity contribution is 0.630. The summed E-state index contributed by atoms with van der Waals surface area (Å²) < 4.78 is 14.3. The molecule has 0 aliphatic carbocycles. The van der Waals surface area contributed by atoms with Crippen molar-refractivity contribution in [2.75, 3.05) is 0 Å². The first-order chi connectivity index (χ1) is 10.2. The van der Waals surface area contributed by atoms with Crippen LogP contribution in [0.5, 0.6) is 0 Å². The van der Waals surface area contributed by atoms with Gasteiger partial charge in [0.15, 0.2) is 0 Å². The number of thiophene rings is 1. The largest absolute Gasteiger partial charge is 0.320 e. The van der Waals surface area contributed by atoms with E-state index in [2.05, 4.69) is 31.2 Å². The molecule has 3 rings (SSSR count). The molecule has 0 bridgehead atoms. The van der Waals surface area contributed by atoms with Crippen molar-refractivity contribution in [2.45, 2.75) is 25.8 Å². The number of fused-ring (bicyclic) bond motifs is 1. The lowest BCUT2D eigenvalue weighted by Crippen LogP contribution is -2.10.